The van der Waals surface area contributed by atoms with E-state index in [9.17, 15) is 9.59 Å². The van der Waals surface area contributed by atoms with Crippen LogP contribution in [0.4, 0.5) is 5.69 Å². The summed E-state index contributed by atoms with van der Waals surface area (Å²) in [6.45, 7) is 5.76. The van der Waals surface area contributed by atoms with Gasteiger partial charge in [0.1, 0.15) is 0 Å². The maximum Gasteiger partial charge on any atom is 0.307 e. The zero-order valence-corrected chi connectivity index (χ0v) is 13.9. The smallest absolute Gasteiger partial charge is 0.307 e. The Labute approximate surface area is 137 Å². The van der Waals surface area contributed by atoms with Crippen molar-refractivity contribution in [1.82, 2.24) is 4.90 Å². The van der Waals surface area contributed by atoms with Crippen molar-refractivity contribution in [2.45, 2.75) is 39.0 Å². The molecule has 126 valence electrons. The molecule has 2 N–H and O–H groups in total. The van der Waals surface area contributed by atoms with Crippen molar-refractivity contribution in [2.75, 3.05) is 25.0 Å². The molecule has 1 fully saturated rings. The number of anilines is 1. The molecule has 0 radical (unpaired) electrons. The standard InChI is InChI=1S/C18H26N2O3/c1-3-13(2)15-8-4-5-9-16(15)19-17(21)12-20-10-6-7-14(11-20)18(22)23/h4-5,8-9,13-14H,3,6-7,10-12H2,1-2H3,(H,19,21)(H,22,23). The van der Waals surface area contributed by atoms with Gasteiger partial charge in [0.2, 0.25) is 5.91 Å². The highest BCUT2D eigenvalue weighted by Gasteiger charge is 2.26. The van der Waals surface area contributed by atoms with Crippen LogP contribution in [0.2, 0.25) is 0 Å². The van der Waals surface area contributed by atoms with Gasteiger partial charge in [0.25, 0.3) is 0 Å². The summed E-state index contributed by atoms with van der Waals surface area (Å²) in [6.07, 6.45) is 2.54. The van der Waals surface area contributed by atoms with Gasteiger partial charge in [0.05, 0.1) is 12.5 Å². The van der Waals surface area contributed by atoms with E-state index in [1.54, 1.807) is 0 Å². The van der Waals surface area contributed by atoms with Crippen LogP contribution >= 0.6 is 0 Å². The van der Waals surface area contributed by atoms with E-state index in [0.717, 1.165) is 30.6 Å². The topological polar surface area (TPSA) is 69.6 Å². The molecule has 1 aromatic rings. The molecule has 5 heteroatoms. The molecule has 2 rings (SSSR count). The van der Waals surface area contributed by atoms with Gasteiger partial charge in [-0.1, -0.05) is 32.0 Å². The monoisotopic (exact) mass is 318 g/mol. The lowest BCUT2D eigenvalue weighted by atomic mass is 9.97. The maximum atomic E-state index is 12.3. The number of amides is 1. The minimum Gasteiger partial charge on any atom is -0.481 e. The van der Waals surface area contributed by atoms with Gasteiger partial charge >= 0.3 is 5.97 Å². The van der Waals surface area contributed by atoms with E-state index in [1.807, 2.05) is 29.2 Å². The number of carbonyl (C=O) groups excluding carboxylic acids is 1. The van der Waals surface area contributed by atoms with Crippen molar-refractivity contribution in [1.29, 1.82) is 0 Å². The molecular formula is C18H26N2O3. The van der Waals surface area contributed by atoms with E-state index in [4.69, 9.17) is 5.11 Å². The van der Waals surface area contributed by atoms with Crippen LogP contribution in [0.5, 0.6) is 0 Å². The number of para-hydroxylation sites is 1. The number of hydrogen-bond donors (Lipinski definition) is 2. The molecule has 5 nitrogen and oxygen atoms in total. The van der Waals surface area contributed by atoms with Crippen molar-refractivity contribution >= 4 is 17.6 Å². The number of likely N-dealkylation sites (tertiary alicyclic amines) is 1. The summed E-state index contributed by atoms with van der Waals surface area (Å²) in [6, 6.07) is 7.88. The average Bonchev–Trinajstić information content (AvgIpc) is 2.54. The third-order valence-electron chi connectivity index (χ3n) is 4.60. The van der Waals surface area contributed by atoms with Crippen molar-refractivity contribution in [3.8, 4) is 0 Å². The van der Waals surface area contributed by atoms with Crippen LogP contribution in [0, 0.1) is 5.92 Å². The fourth-order valence-electron chi connectivity index (χ4n) is 3.05. The van der Waals surface area contributed by atoms with Crippen molar-refractivity contribution < 1.29 is 14.7 Å². The van der Waals surface area contributed by atoms with E-state index < -0.39 is 5.97 Å². The van der Waals surface area contributed by atoms with Crippen LogP contribution in [0.1, 0.15) is 44.6 Å². The Bertz CT molecular complexity index is 559. The number of piperidine rings is 1. The Morgan fingerprint density at radius 1 is 1.39 bits per heavy atom. The number of carbonyl (C=O) groups is 2. The van der Waals surface area contributed by atoms with Crippen molar-refractivity contribution in [3.05, 3.63) is 29.8 Å². The minimum atomic E-state index is -0.766. The molecule has 0 saturated carbocycles. The lowest BCUT2D eigenvalue weighted by Gasteiger charge is -2.30. The number of benzene rings is 1. The van der Waals surface area contributed by atoms with Crippen LogP contribution in [0.25, 0.3) is 0 Å². The molecular weight excluding hydrogens is 292 g/mol. The molecule has 0 spiro atoms. The average molecular weight is 318 g/mol. The Balaban J connectivity index is 1.96. The highest BCUT2D eigenvalue weighted by molar-refractivity contribution is 5.93. The first-order valence-corrected chi connectivity index (χ1v) is 8.35. The summed E-state index contributed by atoms with van der Waals surface area (Å²) < 4.78 is 0. The maximum absolute atomic E-state index is 12.3. The number of carboxylic acids is 1. The zero-order chi connectivity index (χ0) is 16.8. The summed E-state index contributed by atoms with van der Waals surface area (Å²) in [7, 11) is 0. The Morgan fingerprint density at radius 2 is 2.13 bits per heavy atom. The molecule has 0 bridgehead atoms. The van der Waals surface area contributed by atoms with E-state index in [-0.39, 0.29) is 18.4 Å². The molecule has 1 aromatic carbocycles. The van der Waals surface area contributed by atoms with Gasteiger partial charge in [-0.15, -0.1) is 0 Å². The lowest BCUT2D eigenvalue weighted by molar-refractivity contribution is -0.144. The number of nitrogens with zero attached hydrogens (tertiary/aromatic N) is 1. The van der Waals surface area contributed by atoms with Crippen LogP contribution in [0.15, 0.2) is 24.3 Å². The summed E-state index contributed by atoms with van der Waals surface area (Å²) in [5, 5.41) is 12.1. The highest BCUT2D eigenvalue weighted by Crippen LogP contribution is 2.26. The Kier molecular flexibility index (Phi) is 6.16. The van der Waals surface area contributed by atoms with Gasteiger partial charge in [-0.05, 0) is 43.4 Å². The number of nitrogens with one attached hydrogen (secondary N) is 1. The second-order valence-electron chi connectivity index (χ2n) is 6.36. The molecule has 2 atom stereocenters. The normalized spacial score (nSPS) is 20.0. The van der Waals surface area contributed by atoms with E-state index in [1.165, 1.54) is 0 Å². The van der Waals surface area contributed by atoms with Gasteiger partial charge < -0.3 is 10.4 Å². The third kappa shape index (κ3) is 4.79. The predicted molar refractivity (Wildman–Crippen MR) is 90.6 cm³/mol. The second-order valence-corrected chi connectivity index (χ2v) is 6.36. The number of hydrogen-bond acceptors (Lipinski definition) is 3. The van der Waals surface area contributed by atoms with Crippen LogP contribution in [0.3, 0.4) is 0 Å². The molecule has 1 aliphatic heterocycles. The van der Waals surface area contributed by atoms with Crippen LogP contribution in [-0.4, -0.2) is 41.5 Å². The zero-order valence-electron chi connectivity index (χ0n) is 13.9. The van der Waals surface area contributed by atoms with Crippen molar-refractivity contribution in [3.63, 3.8) is 0 Å². The Morgan fingerprint density at radius 3 is 2.83 bits per heavy atom. The summed E-state index contributed by atoms with van der Waals surface area (Å²) >= 11 is 0. The first kappa shape index (κ1) is 17.5. The first-order chi connectivity index (χ1) is 11.0. The number of rotatable bonds is 6. The van der Waals surface area contributed by atoms with Gasteiger partial charge in [0.15, 0.2) is 0 Å². The molecule has 1 aliphatic rings. The fourth-order valence-corrected chi connectivity index (χ4v) is 3.05. The lowest BCUT2D eigenvalue weighted by Crippen LogP contribution is -2.42. The van der Waals surface area contributed by atoms with Crippen LogP contribution < -0.4 is 5.32 Å². The molecule has 1 heterocycles. The van der Waals surface area contributed by atoms with Gasteiger partial charge in [-0.2, -0.15) is 0 Å². The molecule has 1 amide bonds. The quantitative estimate of drug-likeness (QED) is 0.846. The molecule has 23 heavy (non-hydrogen) atoms. The molecule has 0 aromatic heterocycles. The summed E-state index contributed by atoms with van der Waals surface area (Å²) in [5.74, 6) is -0.814. The van der Waals surface area contributed by atoms with E-state index in [2.05, 4.69) is 19.2 Å². The fraction of sp³-hybridized carbons (Fsp3) is 0.556. The van der Waals surface area contributed by atoms with Gasteiger partial charge in [-0.3, -0.25) is 14.5 Å². The second kappa shape index (κ2) is 8.11. The SMILES string of the molecule is CCC(C)c1ccccc1NC(=O)CN1CCCC(C(=O)O)C1. The molecule has 0 aliphatic carbocycles. The number of aliphatic carboxylic acids is 1. The summed E-state index contributed by atoms with van der Waals surface area (Å²) in [4.78, 5) is 25.4. The van der Waals surface area contributed by atoms with Crippen LogP contribution in [-0.2, 0) is 9.59 Å². The highest BCUT2D eigenvalue weighted by atomic mass is 16.4. The first-order valence-electron chi connectivity index (χ1n) is 8.35. The predicted octanol–water partition coefficient (Wildman–Crippen LogP) is 2.94. The Hall–Kier alpha value is -1.88. The third-order valence-corrected chi connectivity index (χ3v) is 4.60. The molecule has 1 saturated heterocycles. The summed E-state index contributed by atoms with van der Waals surface area (Å²) in [5.41, 5.74) is 2.00. The van der Waals surface area contributed by atoms with E-state index in [0.29, 0.717) is 18.9 Å². The molecule has 2 unspecified atom stereocenters. The van der Waals surface area contributed by atoms with Gasteiger partial charge in [-0.25, -0.2) is 0 Å². The van der Waals surface area contributed by atoms with Gasteiger partial charge in [0, 0.05) is 12.2 Å². The number of carboxylic acid groups (broad SMARTS) is 1. The minimum absolute atomic E-state index is 0.0770. The largest absolute Gasteiger partial charge is 0.481 e. The van der Waals surface area contributed by atoms with E-state index >= 15 is 0 Å². The van der Waals surface area contributed by atoms with Crippen molar-refractivity contribution in [2.24, 2.45) is 5.92 Å².